The van der Waals surface area contributed by atoms with Crippen LogP contribution in [0.3, 0.4) is 0 Å². The Labute approximate surface area is 403 Å². The number of epoxide rings is 1. The van der Waals surface area contributed by atoms with Crippen LogP contribution in [0.5, 0.6) is 0 Å². The number of carbonyl (C=O) groups is 2. The normalized spacial score (nSPS) is 25.0. The lowest BCUT2D eigenvalue weighted by Crippen LogP contribution is -2.64. The van der Waals surface area contributed by atoms with Crippen molar-refractivity contribution in [2.45, 2.75) is 197 Å². The van der Waals surface area contributed by atoms with Crippen LogP contribution in [0.1, 0.15) is 142 Å². The molecule has 68 heavy (non-hydrogen) atoms. The van der Waals surface area contributed by atoms with Gasteiger partial charge in [0.15, 0.2) is 6.10 Å². The summed E-state index contributed by atoms with van der Waals surface area (Å²) < 4.78 is 55.1. The Balaban J connectivity index is 1.82. The predicted molar refractivity (Wildman–Crippen MR) is 259 cm³/mol. The van der Waals surface area contributed by atoms with Gasteiger partial charge in [-0.2, -0.15) is 0 Å². The Morgan fingerprint density at radius 3 is 1.68 bits per heavy atom. The summed E-state index contributed by atoms with van der Waals surface area (Å²) in [4.78, 5) is 54.3. The summed E-state index contributed by atoms with van der Waals surface area (Å²) in [6, 6.07) is 0. The largest absolute Gasteiger partial charge is 0.472 e. The van der Waals surface area contributed by atoms with Crippen molar-refractivity contribution in [1.29, 1.82) is 0 Å². The zero-order valence-electron chi connectivity index (χ0n) is 39.9. The molecule has 7 unspecified atom stereocenters. The van der Waals surface area contributed by atoms with E-state index in [0.717, 1.165) is 77.0 Å². The Hall–Kier alpha value is -2.86. The number of unbranched alkanes of at least 4 members (excludes halogenated alkanes) is 7. The monoisotopic (exact) mass is 1000 g/mol. The van der Waals surface area contributed by atoms with Crippen molar-refractivity contribution in [3.63, 3.8) is 0 Å². The van der Waals surface area contributed by atoms with Gasteiger partial charge < -0.3 is 49.3 Å². The fourth-order valence-electron chi connectivity index (χ4n) is 7.04. The van der Waals surface area contributed by atoms with Crippen molar-refractivity contribution >= 4 is 27.6 Å². The second-order valence-corrected chi connectivity index (χ2v) is 19.4. The average Bonchev–Trinajstić information content (AvgIpc) is 4.05. The number of allylic oxidation sites excluding steroid dienone is 13. The number of aliphatic hydroxyl groups excluding tert-OH is 4. The molecule has 2 fully saturated rings. The predicted octanol–water partition coefficient (Wildman–Crippen LogP) is 8.38. The summed E-state index contributed by atoms with van der Waals surface area (Å²) in [5.41, 5.74) is 0. The summed E-state index contributed by atoms with van der Waals surface area (Å²) in [7, 11) is -10.7. The molecular weight excluding hydrogens is 922 g/mol. The van der Waals surface area contributed by atoms with E-state index < -0.39 is 83.5 Å². The molecule has 2 aliphatic rings. The summed E-state index contributed by atoms with van der Waals surface area (Å²) in [5, 5.41) is 41.3. The molecule has 388 valence electrons. The molecule has 2 rings (SSSR count). The number of aliphatic hydroxyl groups is 4. The van der Waals surface area contributed by atoms with Crippen molar-refractivity contribution in [3.8, 4) is 0 Å². The highest BCUT2D eigenvalue weighted by Gasteiger charge is 2.54. The third-order valence-electron chi connectivity index (χ3n) is 10.9. The zero-order chi connectivity index (χ0) is 50.0. The van der Waals surface area contributed by atoms with Crippen LogP contribution >= 0.6 is 15.6 Å². The molecule has 0 aromatic rings. The van der Waals surface area contributed by atoms with Gasteiger partial charge in [-0.3, -0.25) is 23.2 Å². The lowest BCUT2D eigenvalue weighted by Gasteiger charge is -2.43. The van der Waals surface area contributed by atoms with Gasteiger partial charge in [0, 0.05) is 12.8 Å². The highest BCUT2D eigenvalue weighted by atomic mass is 31.2. The molecule has 0 aromatic heterocycles. The van der Waals surface area contributed by atoms with Crippen LogP contribution in [0, 0.1) is 0 Å². The van der Waals surface area contributed by atoms with Gasteiger partial charge in [0.05, 0.1) is 18.8 Å². The molecule has 1 saturated heterocycles. The van der Waals surface area contributed by atoms with Crippen molar-refractivity contribution in [3.05, 3.63) is 85.1 Å². The first-order valence-electron chi connectivity index (χ1n) is 24.3. The molecule has 0 radical (unpaired) electrons. The van der Waals surface area contributed by atoms with Gasteiger partial charge in [-0.15, -0.1) is 0 Å². The van der Waals surface area contributed by atoms with Crippen molar-refractivity contribution < 1.29 is 81.6 Å². The van der Waals surface area contributed by atoms with E-state index in [0.29, 0.717) is 31.5 Å². The molecule has 0 bridgehead atoms. The quantitative estimate of drug-likeness (QED) is 0.0101. The second kappa shape index (κ2) is 36.1. The number of rotatable bonds is 38. The van der Waals surface area contributed by atoms with Gasteiger partial charge in [-0.25, -0.2) is 9.13 Å². The summed E-state index contributed by atoms with van der Waals surface area (Å²) in [6.07, 6.45) is 31.4. The third kappa shape index (κ3) is 29.4. The van der Waals surface area contributed by atoms with Gasteiger partial charge in [0.2, 0.25) is 0 Å². The summed E-state index contributed by atoms with van der Waals surface area (Å²) in [6.45, 7) is 2.89. The maximum Gasteiger partial charge on any atom is 0.472 e. The van der Waals surface area contributed by atoms with E-state index in [1.807, 2.05) is 12.2 Å². The van der Waals surface area contributed by atoms with Gasteiger partial charge >= 0.3 is 27.6 Å². The van der Waals surface area contributed by atoms with Crippen LogP contribution in [0.4, 0.5) is 0 Å². The summed E-state index contributed by atoms with van der Waals surface area (Å²) >= 11 is 0. The Morgan fingerprint density at radius 2 is 1.09 bits per heavy atom. The minimum atomic E-state index is -5.38. The van der Waals surface area contributed by atoms with E-state index >= 15 is 0 Å². The van der Waals surface area contributed by atoms with E-state index in [2.05, 4.69) is 91.3 Å². The maximum absolute atomic E-state index is 13.0. The molecular formula is C49H80O17P2. The van der Waals surface area contributed by atoms with Gasteiger partial charge in [0.1, 0.15) is 43.2 Å². The van der Waals surface area contributed by atoms with Gasteiger partial charge in [0.25, 0.3) is 0 Å². The van der Waals surface area contributed by atoms with Crippen LogP contribution in [0.15, 0.2) is 85.1 Å². The van der Waals surface area contributed by atoms with Crippen molar-refractivity contribution in [1.82, 2.24) is 0 Å². The zero-order valence-corrected chi connectivity index (χ0v) is 41.7. The van der Waals surface area contributed by atoms with Crippen LogP contribution < -0.4 is 0 Å². The number of phosphoric acid groups is 2. The Kier molecular flexibility index (Phi) is 32.5. The topological polar surface area (TPSA) is 269 Å². The SMILES string of the molecule is CC/C=C\C/C=C\C/C=C\C/C=C\CCCCCCC(=O)O[C@H](COC(=O)CCC/C=C\C/C=C\C/C=C\CC1OC1CCCCC)COP(=O)(O)O[C@H]1C(O)C(O)C(O)[C@@H](OP(=O)(O)O)C1O. The lowest BCUT2D eigenvalue weighted by atomic mass is 9.85. The standard InChI is InChI=1S/C49H80O17P2/c1-3-5-7-8-9-10-11-12-13-14-15-16-17-22-25-28-32-36-43(51)63-39(38-62-68(59,60)66-49-46(54)44(52)45(53)48(47(49)55)65-67(56,57)58)37-61-42(50)35-31-27-24-21-19-18-20-23-26-30-34-41-40(64-41)33-29-6-4-2/h5,7,9-10,12-13,15-16,18,20-21,24,26,30,39-41,44-49,52-55H,3-4,6,8,11,14,17,19,22-23,25,27-29,31-38H2,1-2H3,(H,59,60)(H2,56,57,58)/b7-5-,10-9-,13-12-,16-15-,20-18-,24-21-,30-26-/t39-,40?,41?,44?,45?,46?,47?,48-,49+/m1/s1. The van der Waals surface area contributed by atoms with Crippen LogP contribution in [0.2, 0.25) is 0 Å². The van der Waals surface area contributed by atoms with Gasteiger partial charge in [-0.1, -0.05) is 131 Å². The molecule has 1 aliphatic carbocycles. The maximum atomic E-state index is 13.0. The van der Waals surface area contributed by atoms with Crippen molar-refractivity contribution in [2.75, 3.05) is 13.2 Å². The number of carbonyl (C=O) groups excluding carboxylic acids is 2. The summed E-state index contributed by atoms with van der Waals surface area (Å²) in [5.74, 6) is -1.31. The Bertz CT molecular complexity index is 1700. The number of hydrogen-bond acceptors (Lipinski definition) is 14. The molecule has 19 heteroatoms. The van der Waals surface area contributed by atoms with Crippen LogP contribution in [-0.4, -0.2) is 115 Å². The minimum Gasteiger partial charge on any atom is -0.462 e. The van der Waals surface area contributed by atoms with E-state index in [1.165, 1.54) is 19.3 Å². The van der Waals surface area contributed by atoms with E-state index in [4.69, 9.17) is 23.3 Å². The molecule has 1 heterocycles. The van der Waals surface area contributed by atoms with E-state index in [1.54, 1.807) is 0 Å². The Morgan fingerprint density at radius 1 is 0.559 bits per heavy atom. The highest BCUT2D eigenvalue weighted by molar-refractivity contribution is 7.47. The fraction of sp³-hybridized carbons (Fsp3) is 0.673. The molecule has 10 atom stereocenters. The molecule has 0 spiro atoms. The third-order valence-corrected chi connectivity index (χ3v) is 12.4. The lowest BCUT2D eigenvalue weighted by molar-refractivity contribution is -0.216. The van der Waals surface area contributed by atoms with Crippen molar-refractivity contribution in [2.24, 2.45) is 0 Å². The number of phosphoric ester groups is 2. The highest BCUT2D eigenvalue weighted by Crippen LogP contribution is 2.49. The van der Waals surface area contributed by atoms with E-state index in [-0.39, 0.29) is 12.8 Å². The smallest absolute Gasteiger partial charge is 0.462 e. The number of hydrogen-bond donors (Lipinski definition) is 7. The molecule has 17 nitrogen and oxygen atoms in total. The first kappa shape index (κ1) is 61.3. The molecule has 1 aliphatic heterocycles. The second-order valence-electron chi connectivity index (χ2n) is 16.8. The van der Waals surface area contributed by atoms with Crippen LogP contribution in [-0.2, 0) is 46.5 Å². The van der Waals surface area contributed by atoms with Gasteiger partial charge in [-0.05, 0) is 83.5 Å². The number of esters is 2. The van der Waals surface area contributed by atoms with Crippen LogP contribution in [0.25, 0.3) is 0 Å². The molecule has 7 N–H and O–H groups in total. The van der Waals surface area contributed by atoms with E-state index in [9.17, 15) is 53.8 Å². The average molecular weight is 1000 g/mol. The first-order chi connectivity index (χ1) is 32.6. The molecule has 0 aromatic carbocycles. The molecule has 1 saturated carbocycles. The number of ether oxygens (including phenoxy) is 3. The molecule has 0 amide bonds. The minimum absolute atomic E-state index is 0.00293. The fourth-order valence-corrected chi connectivity index (χ4v) is 8.58. The first-order valence-corrected chi connectivity index (χ1v) is 27.3.